The summed E-state index contributed by atoms with van der Waals surface area (Å²) >= 11 is 0. The molecule has 1 fully saturated rings. The first kappa shape index (κ1) is 12.4. The van der Waals surface area contributed by atoms with Crippen LogP contribution in [0.25, 0.3) is 0 Å². The molecule has 3 heteroatoms. The van der Waals surface area contributed by atoms with Gasteiger partial charge in [0.15, 0.2) is 0 Å². The Kier molecular flexibility index (Phi) is 4.02. The Morgan fingerprint density at radius 3 is 2.94 bits per heavy atom. The number of benzene rings is 1. The number of morpholine rings is 1. The summed E-state index contributed by atoms with van der Waals surface area (Å²) in [6, 6.07) is 6.67. The minimum atomic E-state index is 0.113. The highest BCUT2D eigenvalue weighted by Gasteiger charge is 2.22. The third-order valence-electron chi connectivity index (χ3n) is 3.45. The molecule has 0 aromatic heterocycles. The van der Waals surface area contributed by atoms with Crippen LogP contribution in [-0.4, -0.2) is 30.9 Å². The van der Waals surface area contributed by atoms with Crippen molar-refractivity contribution in [2.75, 3.05) is 24.7 Å². The molecule has 17 heavy (non-hydrogen) atoms. The summed E-state index contributed by atoms with van der Waals surface area (Å²) in [7, 11) is 0. The Balaban J connectivity index is 2.25. The molecule has 1 atom stereocenters. The van der Waals surface area contributed by atoms with Crippen molar-refractivity contribution in [1.29, 1.82) is 0 Å². The summed E-state index contributed by atoms with van der Waals surface area (Å²) in [5.74, 6) is 0. The van der Waals surface area contributed by atoms with E-state index in [0.29, 0.717) is 6.04 Å². The van der Waals surface area contributed by atoms with Gasteiger partial charge in [0.2, 0.25) is 0 Å². The second-order valence-electron chi connectivity index (χ2n) is 4.61. The van der Waals surface area contributed by atoms with E-state index in [9.17, 15) is 0 Å². The Hall–Kier alpha value is -1.06. The van der Waals surface area contributed by atoms with Gasteiger partial charge in [-0.1, -0.05) is 19.1 Å². The average molecular weight is 235 g/mol. The first-order valence-corrected chi connectivity index (χ1v) is 6.31. The molecule has 1 unspecified atom stereocenters. The normalized spacial score (nSPS) is 20.6. The van der Waals surface area contributed by atoms with Crippen molar-refractivity contribution in [3.63, 3.8) is 0 Å². The van der Waals surface area contributed by atoms with Gasteiger partial charge in [0.05, 0.1) is 25.9 Å². The molecule has 0 radical (unpaired) electrons. The van der Waals surface area contributed by atoms with Crippen molar-refractivity contribution in [1.82, 2.24) is 0 Å². The second kappa shape index (κ2) is 5.52. The molecule has 0 spiro atoms. The van der Waals surface area contributed by atoms with Gasteiger partial charge in [-0.25, -0.2) is 0 Å². The second-order valence-corrected chi connectivity index (χ2v) is 4.61. The van der Waals surface area contributed by atoms with Gasteiger partial charge in [-0.15, -0.1) is 0 Å². The monoisotopic (exact) mass is 235 g/mol. The molecule has 1 heterocycles. The molecule has 1 saturated heterocycles. The molecule has 1 aromatic carbocycles. The van der Waals surface area contributed by atoms with Crippen molar-refractivity contribution in [2.45, 2.75) is 32.9 Å². The minimum absolute atomic E-state index is 0.113. The van der Waals surface area contributed by atoms with Crippen LogP contribution in [0.15, 0.2) is 18.2 Å². The van der Waals surface area contributed by atoms with E-state index in [-0.39, 0.29) is 6.61 Å². The number of hydrogen-bond donors (Lipinski definition) is 1. The zero-order chi connectivity index (χ0) is 12.3. The lowest BCUT2D eigenvalue weighted by atomic mass is 10.1. The van der Waals surface area contributed by atoms with Crippen LogP contribution < -0.4 is 4.90 Å². The third-order valence-corrected chi connectivity index (χ3v) is 3.45. The summed E-state index contributed by atoms with van der Waals surface area (Å²) in [5.41, 5.74) is 3.49. The molecule has 2 rings (SSSR count). The van der Waals surface area contributed by atoms with Crippen molar-refractivity contribution in [2.24, 2.45) is 0 Å². The standard InChI is InChI=1S/C14H21NO2/c1-3-13-10-17-7-6-15(13)14-5-4-12(9-16)8-11(14)2/h4-5,8,13,16H,3,6-7,9-10H2,1-2H3. The van der Waals surface area contributed by atoms with Crippen LogP contribution >= 0.6 is 0 Å². The van der Waals surface area contributed by atoms with Gasteiger partial charge in [-0.2, -0.15) is 0 Å². The predicted molar refractivity (Wildman–Crippen MR) is 69.3 cm³/mol. The van der Waals surface area contributed by atoms with Gasteiger partial charge in [0.1, 0.15) is 0 Å². The number of hydrogen-bond acceptors (Lipinski definition) is 3. The van der Waals surface area contributed by atoms with Crippen LogP contribution in [0.3, 0.4) is 0 Å². The molecule has 1 N–H and O–H groups in total. The number of aryl methyl sites for hydroxylation is 1. The van der Waals surface area contributed by atoms with Gasteiger partial charge in [-0.3, -0.25) is 0 Å². The summed E-state index contributed by atoms with van der Waals surface area (Å²) in [6.07, 6.45) is 1.10. The number of ether oxygens (including phenoxy) is 1. The summed E-state index contributed by atoms with van der Waals surface area (Å²) in [5, 5.41) is 9.13. The highest BCUT2D eigenvalue weighted by molar-refractivity contribution is 5.55. The fraction of sp³-hybridized carbons (Fsp3) is 0.571. The van der Waals surface area contributed by atoms with Crippen molar-refractivity contribution >= 4 is 5.69 Å². The number of aliphatic hydroxyl groups excluding tert-OH is 1. The van der Waals surface area contributed by atoms with E-state index in [1.54, 1.807) is 0 Å². The topological polar surface area (TPSA) is 32.7 Å². The Bertz CT molecular complexity index is 378. The van der Waals surface area contributed by atoms with E-state index in [1.807, 2.05) is 6.07 Å². The van der Waals surface area contributed by atoms with E-state index in [1.165, 1.54) is 11.3 Å². The lowest BCUT2D eigenvalue weighted by Gasteiger charge is -2.38. The van der Waals surface area contributed by atoms with Gasteiger partial charge in [0.25, 0.3) is 0 Å². The first-order valence-electron chi connectivity index (χ1n) is 6.31. The summed E-state index contributed by atoms with van der Waals surface area (Å²) < 4.78 is 5.53. The summed E-state index contributed by atoms with van der Waals surface area (Å²) in [6.45, 7) is 7.00. The lowest BCUT2D eigenvalue weighted by molar-refractivity contribution is 0.0929. The molecule has 1 aromatic rings. The third kappa shape index (κ3) is 2.61. The quantitative estimate of drug-likeness (QED) is 0.871. The largest absolute Gasteiger partial charge is 0.392 e. The van der Waals surface area contributed by atoms with E-state index in [4.69, 9.17) is 9.84 Å². The molecule has 1 aliphatic rings. The smallest absolute Gasteiger partial charge is 0.0681 e. The van der Waals surface area contributed by atoms with Crippen LogP contribution in [0.2, 0.25) is 0 Å². The average Bonchev–Trinajstić information content (AvgIpc) is 2.38. The molecule has 0 aliphatic carbocycles. The first-order chi connectivity index (χ1) is 8.26. The SMILES string of the molecule is CCC1COCCN1c1ccc(CO)cc1C. The highest BCUT2D eigenvalue weighted by atomic mass is 16.5. The molecule has 1 aliphatic heterocycles. The van der Waals surface area contributed by atoms with Crippen molar-refractivity contribution < 1.29 is 9.84 Å². The molecule has 0 bridgehead atoms. The maximum Gasteiger partial charge on any atom is 0.0681 e. The molecule has 3 nitrogen and oxygen atoms in total. The lowest BCUT2D eigenvalue weighted by Crippen LogP contribution is -2.45. The van der Waals surface area contributed by atoms with Gasteiger partial charge in [-0.05, 0) is 30.5 Å². The van der Waals surface area contributed by atoms with Crippen LogP contribution in [-0.2, 0) is 11.3 Å². The number of anilines is 1. The molecular weight excluding hydrogens is 214 g/mol. The Labute approximate surface area is 103 Å². The zero-order valence-electron chi connectivity index (χ0n) is 10.6. The van der Waals surface area contributed by atoms with Crippen molar-refractivity contribution in [3.05, 3.63) is 29.3 Å². The number of aliphatic hydroxyl groups is 1. The predicted octanol–water partition coefficient (Wildman–Crippen LogP) is 2.10. The minimum Gasteiger partial charge on any atom is -0.392 e. The van der Waals surface area contributed by atoms with Crippen molar-refractivity contribution in [3.8, 4) is 0 Å². The number of nitrogens with zero attached hydrogens (tertiary/aromatic N) is 1. The van der Waals surface area contributed by atoms with E-state index >= 15 is 0 Å². The van der Waals surface area contributed by atoms with Crippen LogP contribution in [0.4, 0.5) is 5.69 Å². The highest BCUT2D eigenvalue weighted by Crippen LogP contribution is 2.26. The van der Waals surface area contributed by atoms with E-state index in [0.717, 1.165) is 31.7 Å². The van der Waals surface area contributed by atoms with Gasteiger partial charge >= 0.3 is 0 Å². The summed E-state index contributed by atoms with van der Waals surface area (Å²) in [4.78, 5) is 2.43. The molecular formula is C14H21NO2. The van der Waals surface area contributed by atoms with Gasteiger partial charge in [0, 0.05) is 12.2 Å². The van der Waals surface area contributed by atoms with Crippen LogP contribution in [0, 0.1) is 6.92 Å². The molecule has 0 amide bonds. The van der Waals surface area contributed by atoms with E-state index < -0.39 is 0 Å². The maximum atomic E-state index is 9.13. The maximum absolute atomic E-state index is 9.13. The fourth-order valence-corrected chi connectivity index (χ4v) is 2.45. The molecule has 0 saturated carbocycles. The Morgan fingerprint density at radius 1 is 1.47 bits per heavy atom. The van der Waals surface area contributed by atoms with Gasteiger partial charge < -0.3 is 14.7 Å². The molecule has 94 valence electrons. The fourth-order valence-electron chi connectivity index (χ4n) is 2.45. The van der Waals surface area contributed by atoms with Crippen LogP contribution in [0.1, 0.15) is 24.5 Å². The Morgan fingerprint density at radius 2 is 2.29 bits per heavy atom. The van der Waals surface area contributed by atoms with E-state index in [2.05, 4.69) is 30.9 Å². The van der Waals surface area contributed by atoms with Crippen LogP contribution in [0.5, 0.6) is 0 Å². The zero-order valence-corrected chi connectivity index (χ0v) is 10.6. The number of rotatable bonds is 3.